The number of aromatic carboxylic acids is 1. The minimum atomic E-state index is -1.05. The summed E-state index contributed by atoms with van der Waals surface area (Å²) in [5.74, 6) is -1.08. The van der Waals surface area contributed by atoms with Crippen LogP contribution < -0.4 is 27.2 Å². The van der Waals surface area contributed by atoms with Crippen LogP contribution in [0.25, 0.3) is 17.8 Å². The first kappa shape index (κ1) is 18.9. The highest BCUT2D eigenvalue weighted by Crippen LogP contribution is 2.24. The summed E-state index contributed by atoms with van der Waals surface area (Å²) in [6.07, 6.45) is 3.55. The van der Waals surface area contributed by atoms with Crippen LogP contribution in [0, 0.1) is 0 Å². The molecule has 2 aromatic rings. The number of benzene rings is 1. The lowest BCUT2D eigenvalue weighted by Crippen LogP contribution is -2.33. The minimum absolute atomic E-state index is 0. The summed E-state index contributed by atoms with van der Waals surface area (Å²) >= 11 is 0. The van der Waals surface area contributed by atoms with Crippen LogP contribution >= 0.6 is 12.4 Å². The van der Waals surface area contributed by atoms with Crippen LogP contribution in [0.3, 0.4) is 0 Å². The fraction of sp³-hybridized carbons (Fsp3) is 0.158. The van der Waals surface area contributed by atoms with Crippen molar-refractivity contribution in [3.63, 3.8) is 0 Å². The van der Waals surface area contributed by atoms with Crippen LogP contribution in [0.4, 0.5) is 5.69 Å². The lowest BCUT2D eigenvalue weighted by Gasteiger charge is -2.17. The van der Waals surface area contributed by atoms with E-state index in [0.29, 0.717) is 24.0 Å². The molecule has 1 fully saturated rings. The molecule has 1 aromatic heterocycles. The maximum Gasteiger partial charge on any atom is 0.352 e. The Morgan fingerprint density at radius 2 is 1.93 bits per heavy atom. The number of aromatic nitrogens is 1. The van der Waals surface area contributed by atoms with Crippen LogP contribution in [0.1, 0.15) is 22.5 Å². The number of carbonyl (C=O) groups excluding carboxylic acids is 1. The Labute approximate surface area is 161 Å². The molecule has 140 valence electrons. The van der Waals surface area contributed by atoms with Gasteiger partial charge in [-0.3, -0.25) is 15.6 Å². The number of nitrogens with one attached hydrogen (secondary N) is 2. The van der Waals surface area contributed by atoms with E-state index in [1.165, 1.54) is 6.08 Å². The topological polar surface area (TPSA) is 109 Å². The van der Waals surface area contributed by atoms with Gasteiger partial charge in [-0.15, -0.1) is 12.4 Å². The van der Waals surface area contributed by atoms with E-state index in [-0.39, 0.29) is 30.3 Å². The standard InChI is InChI=1S/C19H18N4O3.ClH/c20-14-3-1-2-11(6-14)18(13-9-21-22-10-13)23-16-5-4-15(24)7-12(16)8-17(23)19(25)26;/h1-3,5-8,21-22H,4,9-10,20H2,(H,25,26);1H. The van der Waals surface area contributed by atoms with Gasteiger partial charge in [-0.2, -0.15) is 0 Å². The molecule has 5 N–H and O–H groups in total. The van der Waals surface area contributed by atoms with Crippen molar-refractivity contribution in [2.75, 3.05) is 18.8 Å². The van der Waals surface area contributed by atoms with Gasteiger partial charge in [0.15, 0.2) is 5.78 Å². The summed E-state index contributed by atoms with van der Waals surface area (Å²) < 4.78 is 1.72. The van der Waals surface area contributed by atoms with Crippen molar-refractivity contribution in [2.24, 2.45) is 0 Å². The first-order valence-corrected chi connectivity index (χ1v) is 8.28. The number of nitrogens with two attached hydrogens (primary N) is 1. The maximum absolute atomic E-state index is 11.9. The molecule has 0 radical (unpaired) electrons. The van der Waals surface area contributed by atoms with Gasteiger partial charge < -0.3 is 15.4 Å². The van der Waals surface area contributed by atoms with E-state index in [1.807, 2.05) is 18.2 Å². The highest BCUT2D eigenvalue weighted by atomic mass is 35.5. The monoisotopic (exact) mass is 386 g/mol. The summed E-state index contributed by atoms with van der Waals surface area (Å²) in [5, 5.41) is 11.1. The highest BCUT2D eigenvalue weighted by molar-refractivity contribution is 6.09. The van der Waals surface area contributed by atoms with Gasteiger partial charge in [-0.05, 0) is 29.8 Å². The molecule has 0 saturated carbocycles. The van der Waals surface area contributed by atoms with Crippen molar-refractivity contribution < 1.29 is 14.7 Å². The fourth-order valence-corrected chi connectivity index (χ4v) is 3.44. The molecule has 0 unspecified atom stereocenters. The third-order valence-corrected chi connectivity index (χ3v) is 4.55. The van der Waals surface area contributed by atoms with E-state index in [4.69, 9.17) is 5.73 Å². The number of hydrazine groups is 1. The Bertz CT molecular complexity index is 1080. The number of nitrogens with zero attached hydrogens (tertiary/aromatic N) is 1. The van der Waals surface area contributed by atoms with Crippen molar-refractivity contribution in [2.45, 2.75) is 6.42 Å². The van der Waals surface area contributed by atoms with E-state index in [9.17, 15) is 14.7 Å². The average Bonchev–Trinajstić information content (AvgIpc) is 3.24. The van der Waals surface area contributed by atoms with Gasteiger partial charge in [0.2, 0.25) is 0 Å². The van der Waals surface area contributed by atoms with Crippen molar-refractivity contribution in [3.8, 4) is 0 Å². The Morgan fingerprint density at radius 1 is 1.19 bits per heavy atom. The number of fused-ring (bicyclic) bond motifs is 1. The summed E-state index contributed by atoms with van der Waals surface area (Å²) in [7, 11) is 0. The number of hydrogen-bond donors (Lipinski definition) is 4. The van der Waals surface area contributed by atoms with Gasteiger partial charge in [0.1, 0.15) is 5.69 Å². The van der Waals surface area contributed by atoms with Gasteiger partial charge in [0.25, 0.3) is 0 Å². The number of carboxylic acid groups (broad SMARTS) is 1. The lowest BCUT2D eigenvalue weighted by atomic mass is 10.0. The number of hydrogen-bond acceptors (Lipinski definition) is 5. The normalized spacial score (nSPS) is 15.4. The largest absolute Gasteiger partial charge is 0.477 e. The molecule has 0 atom stereocenters. The Hall–Kier alpha value is -2.87. The minimum Gasteiger partial charge on any atom is -0.477 e. The van der Waals surface area contributed by atoms with Crippen LogP contribution in [0.2, 0.25) is 0 Å². The number of carboxylic acids is 1. The molecule has 2 heterocycles. The predicted molar refractivity (Wildman–Crippen MR) is 106 cm³/mol. The Kier molecular flexibility index (Phi) is 5.18. The van der Waals surface area contributed by atoms with E-state index in [1.54, 1.807) is 22.8 Å². The zero-order valence-corrected chi connectivity index (χ0v) is 15.2. The van der Waals surface area contributed by atoms with Gasteiger partial charge in [-0.25, -0.2) is 4.79 Å². The SMILES string of the molecule is Cl.Nc1cccc(C(=C2CNNC2)n2c(C(=O)O)cc3c2=CCC(=O)C=3)c1. The quantitative estimate of drug-likeness (QED) is 0.557. The van der Waals surface area contributed by atoms with Crippen LogP contribution in [0.5, 0.6) is 0 Å². The smallest absolute Gasteiger partial charge is 0.352 e. The van der Waals surface area contributed by atoms with Gasteiger partial charge in [0, 0.05) is 36.0 Å². The second-order valence-corrected chi connectivity index (χ2v) is 6.31. The molecule has 1 saturated heterocycles. The molecule has 1 aliphatic carbocycles. The van der Waals surface area contributed by atoms with Crippen LogP contribution in [0.15, 0.2) is 35.9 Å². The third-order valence-electron chi connectivity index (χ3n) is 4.55. The maximum atomic E-state index is 11.9. The number of ketones is 1. The highest BCUT2D eigenvalue weighted by Gasteiger charge is 2.23. The molecule has 27 heavy (non-hydrogen) atoms. The number of anilines is 1. The summed E-state index contributed by atoms with van der Waals surface area (Å²) in [4.78, 5) is 23.7. The zero-order chi connectivity index (χ0) is 18.3. The van der Waals surface area contributed by atoms with E-state index in [0.717, 1.165) is 22.2 Å². The van der Waals surface area contributed by atoms with Crippen molar-refractivity contribution in [1.82, 2.24) is 15.4 Å². The van der Waals surface area contributed by atoms with E-state index < -0.39 is 5.97 Å². The van der Waals surface area contributed by atoms with Crippen molar-refractivity contribution in [1.29, 1.82) is 0 Å². The average molecular weight is 387 g/mol. The van der Waals surface area contributed by atoms with Gasteiger partial charge >= 0.3 is 5.97 Å². The first-order chi connectivity index (χ1) is 12.5. The molecule has 0 amide bonds. The van der Waals surface area contributed by atoms with Crippen molar-refractivity contribution in [3.05, 3.63) is 57.7 Å². The molecule has 8 heteroatoms. The molecular formula is C19H19ClN4O3. The van der Waals surface area contributed by atoms with E-state index >= 15 is 0 Å². The van der Waals surface area contributed by atoms with Crippen LogP contribution in [-0.2, 0) is 4.79 Å². The Morgan fingerprint density at radius 3 is 2.59 bits per heavy atom. The molecule has 1 aliphatic heterocycles. The van der Waals surface area contributed by atoms with E-state index in [2.05, 4.69) is 10.9 Å². The number of carbonyl (C=O) groups is 2. The van der Waals surface area contributed by atoms with Crippen molar-refractivity contribution >= 4 is 47.7 Å². The summed E-state index contributed by atoms with van der Waals surface area (Å²) in [5.41, 5.74) is 15.4. The second kappa shape index (κ2) is 7.40. The first-order valence-electron chi connectivity index (χ1n) is 8.28. The summed E-state index contributed by atoms with van der Waals surface area (Å²) in [6, 6.07) is 8.92. The summed E-state index contributed by atoms with van der Waals surface area (Å²) in [6.45, 7) is 1.16. The molecule has 2 aliphatic rings. The molecule has 0 spiro atoms. The molecule has 7 nitrogen and oxygen atoms in total. The number of Topliss-reactive ketones (excluding diaryl/α,β-unsaturated/α-hetero) is 1. The van der Waals surface area contributed by atoms with Gasteiger partial charge in [0.05, 0.1) is 11.0 Å². The zero-order valence-electron chi connectivity index (χ0n) is 14.4. The second-order valence-electron chi connectivity index (χ2n) is 6.31. The van der Waals surface area contributed by atoms with Gasteiger partial charge in [-0.1, -0.05) is 18.2 Å². The molecule has 0 bridgehead atoms. The molecular weight excluding hydrogens is 368 g/mol. The number of rotatable bonds is 3. The molecule has 4 rings (SSSR count). The predicted octanol–water partition coefficient (Wildman–Crippen LogP) is 0.0913. The Balaban J connectivity index is 0.00000210. The lowest BCUT2D eigenvalue weighted by molar-refractivity contribution is -0.112. The number of halogens is 1. The van der Waals surface area contributed by atoms with Crippen LogP contribution in [-0.4, -0.2) is 34.5 Å². The number of nitrogen functional groups attached to an aromatic ring is 1. The molecule has 1 aromatic carbocycles. The fourth-order valence-electron chi connectivity index (χ4n) is 3.44. The third kappa shape index (κ3) is 3.40.